The fourth-order valence-electron chi connectivity index (χ4n) is 4.65. The Morgan fingerprint density at radius 3 is 2.88 bits per heavy atom. The Kier molecular flexibility index (Phi) is 5.60. The topological polar surface area (TPSA) is 115 Å². The van der Waals surface area contributed by atoms with E-state index in [0.717, 1.165) is 17.8 Å². The smallest absolute Gasteiger partial charge is 0.413 e. The minimum atomic E-state index is -0.574. The van der Waals surface area contributed by atoms with Crippen LogP contribution in [0, 0.1) is 18.7 Å². The molecule has 10 heteroatoms. The highest BCUT2D eigenvalue weighted by atomic mass is 19.1. The summed E-state index contributed by atoms with van der Waals surface area (Å²) < 4.78 is 26.5. The van der Waals surface area contributed by atoms with Crippen LogP contribution in [0.2, 0.25) is 0 Å². The van der Waals surface area contributed by atoms with Crippen molar-refractivity contribution >= 4 is 34.1 Å². The van der Waals surface area contributed by atoms with Crippen LogP contribution in [0.5, 0.6) is 5.88 Å². The molecule has 1 aromatic carbocycles. The van der Waals surface area contributed by atoms with Crippen molar-refractivity contribution in [3.63, 3.8) is 0 Å². The fourth-order valence-corrected chi connectivity index (χ4v) is 4.65. The molecule has 5 rings (SSSR count). The number of nitrogen functional groups attached to an aromatic ring is 1. The second-order valence-electron chi connectivity index (χ2n) is 8.96. The van der Waals surface area contributed by atoms with Gasteiger partial charge in [0.25, 0.3) is 0 Å². The molecule has 9 nitrogen and oxygen atoms in total. The molecule has 2 aliphatic rings. The van der Waals surface area contributed by atoms with E-state index in [1.165, 1.54) is 6.20 Å². The first-order valence-electron chi connectivity index (χ1n) is 11.2. The van der Waals surface area contributed by atoms with E-state index in [4.69, 9.17) is 15.2 Å². The van der Waals surface area contributed by atoms with E-state index in [-0.39, 0.29) is 17.7 Å². The third-order valence-corrected chi connectivity index (χ3v) is 6.45. The van der Waals surface area contributed by atoms with E-state index >= 15 is 4.39 Å². The van der Waals surface area contributed by atoms with Gasteiger partial charge in [0.05, 0.1) is 5.69 Å². The van der Waals surface area contributed by atoms with Crippen molar-refractivity contribution in [3.05, 3.63) is 35.9 Å². The lowest BCUT2D eigenvalue weighted by molar-refractivity contribution is 0.0974. The van der Waals surface area contributed by atoms with Crippen LogP contribution in [0.4, 0.5) is 26.4 Å². The number of nitrogens with one attached hydrogen (secondary N) is 2. The zero-order chi connectivity index (χ0) is 24.0. The SMILES string of the molecule is Cc1c(-c2cc3cc(NC(=O)OC4CN(C)CC4C)ncc3c(N)c2F)cnc2c1NCCO2. The number of pyridine rings is 2. The van der Waals surface area contributed by atoms with Crippen molar-refractivity contribution in [3.8, 4) is 17.0 Å². The number of likely N-dealkylation sites (tertiary alicyclic amines) is 1. The Morgan fingerprint density at radius 2 is 2.12 bits per heavy atom. The maximum absolute atomic E-state index is 15.3. The summed E-state index contributed by atoms with van der Waals surface area (Å²) in [5.74, 6) is 0.497. The number of ether oxygens (including phenoxy) is 2. The van der Waals surface area contributed by atoms with Crippen molar-refractivity contribution < 1.29 is 18.7 Å². The monoisotopic (exact) mass is 466 g/mol. The molecule has 1 fully saturated rings. The molecular formula is C24H27FN6O3. The number of hydrogen-bond donors (Lipinski definition) is 3. The van der Waals surface area contributed by atoms with Crippen LogP contribution in [0.25, 0.3) is 21.9 Å². The second-order valence-corrected chi connectivity index (χ2v) is 8.96. The van der Waals surface area contributed by atoms with E-state index in [2.05, 4.69) is 25.5 Å². The number of amides is 1. The van der Waals surface area contributed by atoms with E-state index in [1.54, 1.807) is 18.3 Å². The van der Waals surface area contributed by atoms with Gasteiger partial charge in [-0.1, -0.05) is 6.92 Å². The third kappa shape index (κ3) is 3.94. The number of nitrogens with two attached hydrogens (primary N) is 1. The lowest BCUT2D eigenvalue weighted by Gasteiger charge is -2.22. The van der Waals surface area contributed by atoms with Gasteiger partial charge in [-0.25, -0.2) is 19.2 Å². The summed E-state index contributed by atoms with van der Waals surface area (Å²) in [6, 6.07) is 3.34. The fraction of sp³-hybridized carbons (Fsp3) is 0.375. The van der Waals surface area contributed by atoms with E-state index in [9.17, 15) is 4.79 Å². The van der Waals surface area contributed by atoms with Gasteiger partial charge >= 0.3 is 6.09 Å². The van der Waals surface area contributed by atoms with Gasteiger partial charge in [-0.15, -0.1) is 0 Å². The van der Waals surface area contributed by atoms with Gasteiger partial charge in [0.15, 0.2) is 5.82 Å². The Labute approximate surface area is 196 Å². The number of carbonyl (C=O) groups is 1. The molecule has 0 radical (unpaired) electrons. The van der Waals surface area contributed by atoms with E-state index in [1.807, 2.05) is 20.9 Å². The summed E-state index contributed by atoms with van der Waals surface area (Å²) in [5, 5.41) is 7.03. The van der Waals surface area contributed by atoms with Crippen LogP contribution in [-0.4, -0.2) is 60.4 Å². The number of rotatable bonds is 3. The Hall–Kier alpha value is -3.66. The number of aromatic nitrogens is 2. The van der Waals surface area contributed by atoms with E-state index < -0.39 is 11.9 Å². The number of nitrogens with zero attached hydrogens (tertiary/aromatic N) is 3. The van der Waals surface area contributed by atoms with Crippen LogP contribution in [-0.2, 0) is 4.74 Å². The number of anilines is 3. The third-order valence-electron chi connectivity index (χ3n) is 6.45. The average molecular weight is 467 g/mol. The molecule has 1 saturated heterocycles. The van der Waals surface area contributed by atoms with Crippen LogP contribution in [0.15, 0.2) is 24.5 Å². The molecule has 2 atom stereocenters. The zero-order valence-corrected chi connectivity index (χ0v) is 19.3. The number of likely N-dealkylation sites (N-methyl/N-ethyl adjacent to an activating group) is 1. The summed E-state index contributed by atoms with van der Waals surface area (Å²) in [5.41, 5.74) is 8.60. The molecule has 34 heavy (non-hydrogen) atoms. The number of hydrogen-bond acceptors (Lipinski definition) is 8. The highest BCUT2D eigenvalue weighted by Gasteiger charge is 2.30. The molecule has 4 N–H and O–H groups in total. The summed E-state index contributed by atoms with van der Waals surface area (Å²) in [6.45, 7) is 6.67. The van der Waals surface area contributed by atoms with Crippen molar-refractivity contribution in [1.29, 1.82) is 0 Å². The van der Waals surface area contributed by atoms with Crippen LogP contribution >= 0.6 is 0 Å². The molecule has 1 amide bonds. The van der Waals surface area contributed by atoms with Gasteiger partial charge in [0, 0.05) is 54.5 Å². The maximum Gasteiger partial charge on any atom is 0.413 e. The molecule has 178 valence electrons. The molecule has 0 bridgehead atoms. The lowest BCUT2D eigenvalue weighted by Crippen LogP contribution is -2.28. The van der Waals surface area contributed by atoms with Crippen LogP contribution in [0.3, 0.4) is 0 Å². The second kappa shape index (κ2) is 8.60. The number of halogens is 1. The van der Waals surface area contributed by atoms with Crippen molar-refractivity contribution in [1.82, 2.24) is 14.9 Å². The first-order valence-corrected chi connectivity index (χ1v) is 11.2. The van der Waals surface area contributed by atoms with Gasteiger partial charge < -0.3 is 25.4 Å². The minimum absolute atomic E-state index is 0.0155. The molecule has 0 spiro atoms. The van der Waals surface area contributed by atoms with Gasteiger partial charge in [-0.05, 0) is 37.1 Å². The largest absolute Gasteiger partial charge is 0.474 e. The highest BCUT2D eigenvalue weighted by Crippen LogP contribution is 2.39. The van der Waals surface area contributed by atoms with Gasteiger partial charge in [0.1, 0.15) is 24.2 Å². The molecule has 4 heterocycles. The predicted molar refractivity (Wildman–Crippen MR) is 129 cm³/mol. The molecule has 0 aliphatic carbocycles. The van der Waals surface area contributed by atoms with Crippen molar-refractivity contribution in [2.24, 2.45) is 5.92 Å². The summed E-state index contributed by atoms with van der Waals surface area (Å²) in [4.78, 5) is 23.1. The van der Waals surface area contributed by atoms with Crippen molar-refractivity contribution in [2.75, 3.05) is 49.7 Å². The minimum Gasteiger partial charge on any atom is -0.474 e. The maximum atomic E-state index is 15.3. The molecule has 2 aliphatic heterocycles. The van der Waals surface area contributed by atoms with Gasteiger partial charge in [-0.3, -0.25) is 5.32 Å². The summed E-state index contributed by atoms with van der Waals surface area (Å²) in [6.07, 6.45) is 2.28. The molecule has 2 unspecified atom stereocenters. The van der Waals surface area contributed by atoms with Crippen LogP contribution in [0.1, 0.15) is 12.5 Å². The lowest BCUT2D eigenvalue weighted by atomic mass is 9.97. The van der Waals surface area contributed by atoms with Gasteiger partial charge in [-0.2, -0.15) is 0 Å². The Morgan fingerprint density at radius 1 is 1.29 bits per heavy atom. The molecule has 2 aromatic heterocycles. The first kappa shape index (κ1) is 22.1. The van der Waals surface area contributed by atoms with E-state index in [0.29, 0.717) is 53.3 Å². The van der Waals surface area contributed by atoms with Crippen molar-refractivity contribution in [2.45, 2.75) is 20.0 Å². The standard InChI is InChI=1S/C24H27FN6O3/c1-12-10-31(3)11-18(12)34-24(32)30-19-7-14-6-15(20(25)21(26)17(14)9-28-19)16-8-29-23-22(13(16)2)27-4-5-33-23/h6-9,12,18,27H,4-5,10-11,26H2,1-3H3,(H,28,30,32). The molecule has 3 aromatic rings. The quantitative estimate of drug-likeness (QED) is 0.502. The summed E-state index contributed by atoms with van der Waals surface area (Å²) in [7, 11) is 1.99. The zero-order valence-electron chi connectivity index (χ0n) is 19.3. The predicted octanol–water partition coefficient (Wildman–Crippen LogP) is 3.63. The Balaban J connectivity index is 1.46. The normalized spacial score (nSPS) is 19.9. The van der Waals surface area contributed by atoms with Gasteiger partial charge in [0.2, 0.25) is 5.88 Å². The van der Waals surface area contributed by atoms with Crippen LogP contribution < -0.4 is 21.1 Å². The number of carbonyl (C=O) groups excluding carboxylic acids is 1. The number of fused-ring (bicyclic) bond motifs is 2. The highest BCUT2D eigenvalue weighted by molar-refractivity contribution is 5.99. The molecule has 0 saturated carbocycles. The molecular weight excluding hydrogens is 439 g/mol. The average Bonchev–Trinajstić information content (AvgIpc) is 3.13. The number of benzene rings is 1. The summed E-state index contributed by atoms with van der Waals surface area (Å²) >= 11 is 0. The first-order chi connectivity index (χ1) is 16.3. The Bertz CT molecular complexity index is 1280.